The largest absolute Gasteiger partial charge is 0.497 e. The molecule has 0 unspecified atom stereocenters. The van der Waals surface area contributed by atoms with E-state index in [1.807, 2.05) is 48.5 Å². The van der Waals surface area contributed by atoms with Crippen molar-refractivity contribution in [2.24, 2.45) is 7.05 Å². The number of hydrogen-bond donors (Lipinski definition) is 1. The number of rotatable bonds is 8. The van der Waals surface area contributed by atoms with Crippen LogP contribution >= 0.6 is 12.4 Å². The molecule has 1 N–H and O–H groups in total. The Labute approximate surface area is 222 Å². The van der Waals surface area contributed by atoms with Crippen LogP contribution in [-0.2, 0) is 7.05 Å². The molecule has 1 fully saturated rings. The van der Waals surface area contributed by atoms with Crippen LogP contribution in [0, 0.1) is 0 Å². The van der Waals surface area contributed by atoms with Crippen molar-refractivity contribution in [3.63, 3.8) is 0 Å². The van der Waals surface area contributed by atoms with Crippen LogP contribution in [-0.4, -0.2) is 69.0 Å². The summed E-state index contributed by atoms with van der Waals surface area (Å²) < 4.78 is 7.29. The molecule has 37 heavy (non-hydrogen) atoms. The summed E-state index contributed by atoms with van der Waals surface area (Å²) >= 11 is 0. The molecule has 4 aromatic rings. The van der Waals surface area contributed by atoms with Gasteiger partial charge in [0, 0.05) is 68.1 Å². The van der Waals surface area contributed by atoms with Gasteiger partial charge in [-0.3, -0.25) is 14.5 Å². The predicted molar refractivity (Wildman–Crippen MR) is 146 cm³/mol. The molecule has 5 rings (SSSR count). The summed E-state index contributed by atoms with van der Waals surface area (Å²) in [5.74, 6) is 0.628. The first-order chi connectivity index (χ1) is 17.6. The Kier molecular flexibility index (Phi) is 8.25. The third-order valence-electron chi connectivity index (χ3n) is 6.46. The molecule has 10 heteroatoms. The number of aliphatic hydroxyl groups excluding tert-OH is 1. The van der Waals surface area contributed by atoms with Crippen LogP contribution in [0.5, 0.6) is 5.75 Å². The number of halogens is 1. The second-order valence-electron chi connectivity index (χ2n) is 8.98. The van der Waals surface area contributed by atoms with Crippen molar-refractivity contribution in [3.8, 4) is 17.0 Å². The van der Waals surface area contributed by atoms with Crippen LogP contribution in [0.2, 0.25) is 0 Å². The van der Waals surface area contributed by atoms with Gasteiger partial charge in [-0.25, -0.2) is 4.98 Å². The van der Waals surface area contributed by atoms with Gasteiger partial charge >= 0.3 is 0 Å². The second kappa shape index (κ2) is 11.6. The fraction of sp³-hybridized carbons (Fsp3) is 0.333. The van der Waals surface area contributed by atoms with Crippen LogP contribution in [0.4, 0.5) is 11.4 Å². The van der Waals surface area contributed by atoms with E-state index in [-0.39, 0.29) is 24.9 Å². The molecule has 1 saturated heterocycles. The number of benzene rings is 2. The van der Waals surface area contributed by atoms with E-state index < -0.39 is 0 Å². The van der Waals surface area contributed by atoms with Crippen LogP contribution in [0.3, 0.4) is 0 Å². The molecule has 1 aliphatic rings. The molecule has 2 aromatic heterocycles. The zero-order valence-electron chi connectivity index (χ0n) is 21.0. The van der Waals surface area contributed by atoms with E-state index in [1.165, 1.54) is 0 Å². The van der Waals surface area contributed by atoms with E-state index in [0.29, 0.717) is 24.3 Å². The van der Waals surface area contributed by atoms with Crippen LogP contribution in [0.15, 0.2) is 55.0 Å². The molecule has 2 aromatic carbocycles. The van der Waals surface area contributed by atoms with E-state index in [0.717, 1.165) is 59.6 Å². The molecule has 0 aliphatic carbocycles. The minimum atomic E-state index is 0. The number of aliphatic hydroxyl groups is 1. The Bertz CT molecular complexity index is 1390. The Balaban J connectivity index is 0.00000320. The Morgan fingerprint density at radius 3 is 2.59 bits per heavy atom. The highest BCUT2D eigenvalue weighted by atomic mass is 35.5. The summed E-state index contributed by atoms with van der Waals surface area (Å²) in [6.45, 7) is 2.17. The summed E-state index contributed by atoms with van der Waals surface area (Å²) in [6, 6.07) is 11.5. The SMILES string of the molecule is COc1cc(C(=O)N2CCCC2)cc(N(CCCO)c2ccc3ncc(-c4cnn(C)c4)nc3c2)c1.Cl. The van der Waals surface area contributed by atoms with Gasteiger partial charge in [-0.2, -0.15) is 5.10 Å². The maximum Gasteiger partial charge on any atom is 0.254 e. The fourth-order valence-corrected chi connectivity index (χ4v) is 4.58. The lowest BCUT2D eigenvalue weighted by atomic mass is 10.1. The lowest BCUT2D eigenvalue weighted by Crippen LogP contribution is -2.28. The molecule has 1 aliphatic heterocycles. The van der Waals surface area contributed by atoms with Gasteiger partial charge in [-0.15, -0.1) is 12.4 Å². The van der Waals surface area contributed by atoms with Crippen LogP contribution < -0.4 is 9.64 Å². The molecular weight excluding hydrogens is 492 g/mol. The number of hydrogen-bond acceptors (Lipinski definition) is 7. The number of carbonyl (C=O) groups is 1. The number of carbonyl (C=O) groups excluding carboxylic acids is 1. The van der Waals surface area contributed by atoms with Crippen molar-refractivity contribution in [2.45, 2.75) is 19.3 Å². The highest BCUT2D eigenvalue weighted by Gasteiger charge is 2.22. The molecule has 0 saturated carbocycles. The first-order valence-corrected chi connectivity index (χ1v) is 12.2. The van der Waals surface area contributed by atoms with Gasteiger partial charge in [0.25, 0.3) is 5.91 Å². The number of nitrogens with zero attached hydrogens (tertiary/aromatic N) is 6. The van der Waals surface area contributed by atoms with Gasteiger partial charge in [0.2, 0.25) is 0 Å². The lowest BCUT2D eigenvalue weighted by molar-refractivity contribution is 0.0792. The van der Waals surface area contributed by atoms with E-state index >= 15 is 0 Å². The Hall–Kier alpha value is -3.69. The number of methoxy groups -OCH3 is 1. The summed E-state index contributed by atoms with van der Waals surface area (Å²) in [6.07, 6.45) is 8.05. The number of ether oxygens (including phenoxy) is 1. The van der Waals surface area contributed by atoms with Crippen molar-refractivity contribution < 1.29 is 14.6 Å². The summed E-state index contributed by atoms with van der Waals surface area (Å²) in [7, 11) is 3.47. The van der Waals surface area contributed by atoms with Crippen molar-refractivity contribution in [3.05, 3.63) is 60.6 Å². The summed E-state index contributed by atoms with van der Waals surface area (Å²) in [5.41, 5.74) is 5.48. The van der Waals surface area contributed by atoms with E-state index in [9.17, 15) is 9.90 Å². The number of aryl methyl sites for hydroxylation is 1. The molecule has 9 nitrogen and oxygen atoms in total. The number of amides is 1. The van der Waals surface area contributed by atoms with Crippen LogP contribution in [0.25, 0.3) is 22.3 Å². The molecular formula is C27H31ClN6O3. The monoisotopic (exact) mass is 522 g/mol. The quantitative estimate of drug-likeness (QED) is 0.370. The number of anilines is 2. The Morgan fingerprint density at radius 1 is 1.08 bits per heavy atom. The molecule has 0 radical (unpaired) electrons. The van der Waals surface area contributed by atoms with Gasteiger partial charge in [-0.1, -0.05) is 0 Å². The zero-order chi connectivity index (χ0) is 25.1. The maximum absolute atomic E-state index is 13.2. The highest BCUT2D eigenvalue weighted by molar-refractivity contribution is 5.96. The first-order valence-electron chi connectivity index (χ1n) is 12.2. The smallest absolute Gasteiger partial charge is 0.254 e. The van der Waals surface area contributed by atoms with Gasteiger partial charge in [0.1, 0.15) is 5.75 Å². The average Bonchev–Trinajstić information content (AvgIpc) is 3.60. The fourth-order valence-electron chi connectivity index (χ4n) is 4.58. The van der Waals surface area contributed by atoms with Crippen molar-refractivity contribution >= 4 is 40.7 Å². The normalized spacial score (nSPS) is 13.0. The number of likely N-dealkylation sites (tertiary alicyclic amines) is 1. The van der Waals surface area contributed by atoms with E-state index in [4.69, 9.17) is 9.72 Å². The molecule has 0 spiro atoms. The van der Waals surface area contributed by atoms with Crippen molar-refractivity contribution in [2.75, 3.05) is 38.3 Å². The van der Waals surface area contributed by atoms with Gasteiger partial charge in [0.05, 0.1) is 36.2 Å². The third-order valence-corrected chi connectivity index (χ3v) is 6.46. The number of fused-ring (bicyclic) bond motifs is 1. The minimum Gasteiger partial charge on any atom is -0.497 e. The summed E-state index contributed by atoms with van der Waals surface area (Å²) in [5, 5.41) is 13.8. The molecule has 0 atom stereocenters. The average molecular weight is 523 g/mol. The Morgan fingerprint density at radius 2 is 1.89 bits per heavy atom. The molecule has 1 amide bonds. The standard InChI is InChI=1S/C27H30N6O3.ClH/c1-31-18-20(16-29-31)26-17-28-24-7-6-21(15-25(24)30-26)33(10-5-11-34)22-12-19(13-23(14-22)36-2)27(35)32-8-3-4-9-32;/h6-7,12-18,34H,3-5,8-11H2,1-2H3;1H. The van der Waals surface area contributed by atoms with Crippen LogP contribution in [0.1, 0.15) is 29.6 Å². The van der Waals surface area contributed by atoms with E-state index in [2.05, 4.69) is 15.0 Å². The third kappa shape index (κ3) is 5.68. The van der Waals surface area contributed by atoms with Gasteiger partial charge in [-0.05, 0) is 49.6 Å². The lowest BCUT2D eigenvalue weighted by Gasteiger charge is -2.26. The molecule has 194 valence electrons. The molecule has 3 heterocycles. The maximum atomic E-state index is 13.2. The van der Waals surface area contributed by atoms with Gasteiger partial charge in [0.15, 0.2) is 0 Å². The zero-order valence-corrected chi connectivity index (χ0v) is 21.8. The molecule has 0 bridgehead atoms. The van der Waals surface area contributed by atoms with Crippen molar-refractivity contribution in [1.82, 2.24) is 24.6 Å². The van der Waals surface area contributed by atoms with E-state index in [1.54, 1.807) is 30.3 Å². The topological polar surface area (TPSA) is 96.6 Å². The minimum absolute atomic E-state index is 0. The predicted octanol–water partition coefficient (Wildman–Crippen LogP) is 4.22. The van der Waals surface area contributed by atoms with Gasteiger partial charge < -0.3 is 19.6 Å². The van der Waals surface area contributed by atoms with Crippen molar-refractivity contribution in [1.29, 1.82) is 0 Å². The second-order valence-corrected chi connectivity index (χ2v) is 8.98. The summed E-state index contributed by atoms with van der Waals surface area (Å²) in [4.78, 5) is 26.6. The number of aromatic nitrogens is 4. The highest BCUT2D eigenvalue weighted by Crippen LogP contribution is 2.33. The first kappa shape index (κ1) is 26.4.